The minimum absolute atomic E-state index is 0.0918. The lowest BCUT2D eigenvalue weighted by molar-refractivity contribution is -0.116. The maximum atomic E-state index is 14.0. The predicted octanol–water partition coefficient (Wildman–Crippen LogP) is 3.12. The lowest BCUT2D eigenvalue weighted by Gasteiger charge is -2.14. The Hall–Kier alpha value is -4.15. The van der Waals surface area contributed by atoms with Crippen LogP contribution in [-0.4, -0.2) is 24.6 Å². The highest BCUT2D eigenvalue weighted by molar-refractivity contribution is 5.90. The van der Waals surface area contributed by atoms with E-state index >= 15 is 0 Å². The SMILES string of the molecule is CC(C)Cn1cnc2c1c(=O)n(CC(=O)Nc1ccc(F)c(F)c1F)c(=O)n2Cc1ccccc1. The lowest BCUT2D eigenvalue weighted by Crippen LogP contribution is -2.43. The Balaban J connectivity index is 1.79. The van der Waals surface area contributed by atoms with Crippen LogP contribution in [0.2, 0.25) is 0 Å². The molecular formula is C24H22F3N5O3. The Morgan fingerprint density at radius 2 is 1.71 bits per heavy atom. The summed E-state index contributed by atoms with van der Waals surface area (Å²) >= 11 is 0. The summed E-state index contributed by atoms with van der Waals surface area (Å²) in [6.07, 6.45) is 1.47. The van der Waals surface area contributed by atoms with Crippen LogP contribution >= 0.6 is 0 Å². The molecule has 0 spiro atoms. The number of nitrogens with zero attached hydrogens (tertiary/aromatic N) is 4. The summed E-state index contributed by atoms with van der Waals surface area (Å²) in [5, 5.41) is 2.09. The fourth-order valence-electron chi connectivity index (χ4n) is 3.77. The summed E-state index contributed by atoms with van der Waals surface area (Å²) in [5.41, 5.74) is -1.06. The first kappa shape index (κ1) is 24.0. The van der Waals surface area contributed by atoms with Crippen molar-refractivity contribution in [2.75, 3.05) is 5.32 Å². The third kappa shape index (κ3) is 4.75. The summed E-state index contributed by atoms with van der Waals surface area (Å²) in [6, 6.07) is 10.5. The topological polar surface area (TPSA) is 90.9 Å². The van der Waals surface area contributed by atoms with E-state index in [1.807, 2.05) is 19.9 Å². The van der Waals surface area contributed by atoms with Gasteiger partial charge in [0.15, 0.2) is 28.6 Å². The highest BCUT2D eigenvalue weighted by Gasteiger charge is 2.21. The molecule has 4 aromatic rings. The quantitative estimate of drug-likeness (QED) is 0.408. The number of hydrogen-bond donors (Lipinski definition) is 1. The minimum Gasteiger partial charge on any atom is -0.324 e. The first-order valence-electron chi connectivity index (χ1n) is 10.8. The number of aromatic nitrogens is 4. The molecule has 35 heavy (non-hydrogen) atoms. The van der Waals surface area contributed by atoms with Gasteiger partial charge in [-0.25, -0.2) is 27.5 Å². The number of carbonyl (C=O) groups excluding carboxylic acids is 1. The monoisotopic (exact) mass is 485 g/mol. The van der Waals surface area contributed by atoms with Crippen LogP contribution in [0.5, 0.6) is 0 Å². The highest BCUT2D eigenvalue weighted by atomic mass is 19.2. The van der Waals surface area contributed by atoms with Crippen LogP contribution in [0.25, 0.3) is 11.2 Å². The molecule has 0 atom stereocenters. The maximum Gasteiger partial charge on any atom is 0.333 e. The molecule has 0 aliphatic carbocycles. The van der Waals surface area contributed by atoms with Crippen LogP contribution in [0.1, 0.15) is 19.4 Å². The van der Waals surface area contributed by atoms with Crippen molar-refractivity contribution in [1.82, 2.24) is 18.7 Å². The molecule has 0 aliphatic rings. The molecule has 0 saturated heterocycles. The summed E-state index contributed by atoms with van der Waals surface area (Å²) in [7, 11) is 0. The lowest BCUT2D eigenvalue weighted by atomic mass is 10.2. The van der Waals surface area contributed by atoms with Gasteiger partial charge in [-0.2, -0.15) is 0 Å². The fourth-order valence-corrected chi connectivity index (χ4v) is 3.77. The normalized spacial score (nSPS) is 11.4. The molecule has 0 unspecified atom stereocenters. The fraction of sp³-hybridized carbons (Fsp3) is 0.250. The molecule has 0 aliphatic heterocycles. The number of amides is 1. The van der Waals surface area contributed by atoms with E-state index in [-0.39, 0.29) is 23.6 Å². The zero-order valence-electron chi connectivity index (χ0n) is 19.0. The Morgan fingerprint density at radius 3 is 2.40 bits per heavy atom. The molecule has 1 N–H and O–H groups in total. The van der Waals surface area contributed by atoms with Gasteiger partial charge in [0.1, 0.15) is 6.54 Å². The van der Waals surface area contributed by atoms with Gasteiger partial charge in [-0.1, -0.05) is 44.2 Å². The summed E-state index contributed by atoms with van der Waals surface area (Å²) in [6.45, 7) is 3.67. The number of hydrogen-bond acceptors (Lipinski definition) is 4. The molecule has 4 rings (SSSR count). The second-order valence-electron chi connectivity index (χ2n) is 8.48. The Kier molecular flexibility index (Phi) is 6.59. The number of fused-ring (bicyclic) bond motifs is 1. The number of rotatable bonds is 7. The summed E-state index contributed by atoms with van der Waals surface area (Å²) in [4.78, 5) is 43.5. The second-order valence-corrected chi connectivity index (χ2v) is 8.48. The molecule has 2 heterocycles. The molecule has 2 aromatic heterocycles. The summed E-state index contributed by atoms with van der Waals surface area (Å²) in [5.74, 6) is -5.55. The van der Waals surface area contributed by atoms with Crippen molar-refractivity contribution in [1.29, 1.82) is 0 Å². The molecule has 182 valence electrons. The average Bonchev–Trinajstić information content (AvgIpc) is 3.23. The molecule has 0 fully saturated rings. The third-order valence-electron chi connectivity index (χ3n) is 5.34. The smallest absolute Gasteiger partial charge is 0.324 e. The van der Waals surface area contributed by atoms with E-state index in [0.717, 1.165) is 16.2 Å². The van der Waals surface area contributed by atoms with E-state index in [9.17, 15) is 27.6 Å². The third-order valence-corrected chi connectivity index (χ3v) is 5.34. The maximum absolute atomic E-state index is 14.0. The summed E-state index contributed by atoms with van der Waals surface area (Å²) < 4.78 is 44.3. The largest absolute Gasteiger partial charge is 0.333 e. The highest BCUT2D eigenvalue weighted by Crippen LogP contribution is 2.19. The first-order valence-corrected chi connectivity index (χ1v) is 10.8. The Morgan fingerprint density at radius 1 is 1.00 bits per heavy atom. The number of imidazole rings is 1. The van der Waals surface area contributed by atoms with Crippen molar-refractivity contribution < 1.29 is 18.0 Å². The number of halogens is 3. The molecule has 0 radical (unpaired) electrons. The van der Waals surface area contributed by atoms with Crippen molar-refractivity contribution in [3.05, 3.63) is 92.6 Å². The molecular weight excluding hydrogens is 463 g/mol. The van der Waals surface area contributed by atoms with Crippen LogP contribution in [0, 0.1) is 23.4 Å². The van der Waals surface area contributed by atoms with Crippen molar-refractivity contribution in [2.45, 2.75) is 33.5 Å². The Bertz CT molecular complexity index is 1520. The van der Waals surface area contributed by atoms with Crippen LogP contribution < -0.4 is 16.6 Å². The van der Waals surface area contributed by atoms with Crippen molar-refractivity contribution >= 4 is 22.8 Å². The molecule has 8 nitrogen and oxygen atoms in total. The predicted molar refractivity (Wildman–Crippen MR) is 124 cm³/mol. The van der Waals surface area contributed by atoms with Crippen LogP contribution in [0.4, 0.5) is 18.9 Å². The van der Waals surface area contributed by atoms with E-state index < -0.39 is 46.8 Å². The average molecular weight is 485 g/mol. The molecule has 0 saturated carbocycles. The van der Waals surface area contributed by atoms with Gasteiger partial charge < -0.3 is 9.88 Å². The van der Waals surface area contributed by atoms with Crippen LogP contribution in [-0.2, 0) is 24.4 Å². The second kappa shape index (κ2) is 9.61. The van der Waals surface area contributed by atoms with Crippen LogP contribution in [0.15, 0.2) is 58.4 Å². The van der Waals surface area contributed by atoms with Crippen molar-refractivity contribution in [3.63, 3.8) is 0 Å². The van der Waals surface area contributed by atoms with Gasteiger partial charge in [0.05, 0.1) is 18.6 Å². The molecule has 0 bridgehead atoms. The number of carbonyl (C=O) groups is 1. The standard InChI is InChI=1S/C24H22F3N5O3/c1-14(2)10-30-13-28-22-21(30)23(34)32(24(35)31(22)11-15-6-4-3-5-7-15)12-18(33)29-17-9-8-16(25)19(26)20(17)27/h3-9,13-14H,10-12H2,1-2H3,(H,29,33). The van der Waals surface area contributed by atoms with E-state index in [1.54, 1.807) is 28.8 Å². The molecule has 11 heteroatoms. The molecule has 1 amide bonds. The van der Waals surface area contributed by atoms with Gasteiger partial charge in [-0.3, -0.25) is 14.2 Å². The number of benzene rings is 2. The van der Waals surface area contributed by atoms with Crippen LogP contribution in [0.3, 0.4) is 0 Å². The van der Waals surface area contributed by atoms with E-state index in [2.05, 4.69) is 10.3 Å². The van der Waals surface area contributed by atoms with E-state index in [4.69, 9.17) is 0 Å². The number of anilines is 1. The zero-order chi connectivity index (χ0) is 25.3. The van der Waals surface area contributed by atoms with Gasteiger partial charge >= 0.3 is 5.69 Å². The zero-order valence-corrected chi connectivity index (χ0v) is 19.0. The number of nitrogens with one attached hydrogen (secondary N) is 1. The van der Waals surface area contributed by atoms with E-state index in [1.165, 1.54) is 10.9 Å². The molecule has 2 aromatic carbocycles. The van der Waals surface area contributed by atoms with E-state index in [0.29, 0.717) is 12.6 Å². The minimum atomic E-state index is -1.75. The van der Waals surface area contributed by atoms with Gasteiger partial charge in [0.2, 0.25) is 5.91 Å². The Labute approximate surface area is 197 Å². The van der Waals surface area contributed by atoms with Crippen molar-refractivity contribution in [2.24, 2.45) is 5.92 Å². The first-order chi connectivity index (χ1) is 16.7. The van der Waals surface area contributed by atoms with Gasteiger partial charge in [-0.05, 0) is 23.6 Å². The van der Waals surface area contributed by atoms with Gasteiger partial charge in [0, 0.05) is 6.54 Å². The van der Waals surface area contributed by atoms with Crippen molar-refractivity contribution in [3.8, 4) is 0 Å². The van der Waals surface area contributed by atoms with Gasteiger partial charge in [-0.15, -0.1) is 0 Å². The van der Waals surface area contributed by atoms with Gasteiger partial charge in [0.25, 0.3) is 5.56 Å².